The Morgan fingerprint density at radius 3 is 2.32 bits per heavy atom. The van der Waals surface area contributed by atoms with E-state index in [2.05, 4.69) is 29.3 Å². The van der Waals surface area contributed by atoms with Gasteiger partial charge < -0.3 is 19.7 Å². The summed E-state index contributed by atoms with van der Waals surface area (Å²) in [5.41, 5.74) is 1.99. The molecule has 0 aliphatic carbocycles. The van der Waals surface area contributed by atoms with Crippen LogP contribution in [0.5, 0.6) is 11.5 Å². The lowest BCUT2D eigenvalue weighted by molar-refractivity contribution is -0.118. The number of hydrogen-bond donors (Lipinski definition) is 1. The molecule has 0 aromatic heterocycles. The van der Waals surface area contributed by atoms with Crippen molar-refractivity contribution >= 4 is 17.3 Å². The van der Waals surface area contributed by atoms with E-state index in [-0.39, 0.29) is 12.5 Å². The van der Waals surface area contributed by atoms with Gasteiger partial charge in [0.25, 0.3) is 5.91 Å². The third-order valence-corrected chi connectivity index (χ3v) is 4.97. The fourth-order valence-electron chi connectivity index (χ4n) is 3.26. The maximum atomic E-state index is 12.2. The second kappa shape index (κ2) is 10.0. The first-order valence-electron chi connectivity index (χ1n) is 10.1. The molecule has 0 bridgehead atoms. The molecule has 0 atom stereocenters. The molecular weight excluding hydrogens is 352 g/mol. The summed E-state index contributed by atoms with van der Waals surface area (Å²) in [5.74, 6) is 1.87. The summed E-state index contributed by atoms with van der Waals surface area (Å²) in [6.45, 7) is 7.12. The molecule has 1 aliphatic rings. The zero-order chi connectivity index (χ0) is 19.8. The number of piperidine rings is 1. The van der Waals surface area contributed by atoms with Crippen LogP contribution < -0.4 is 19.7 Å². The van der Waals surface area contributed by atoms with Crippen LogP contribution in [0.3, 0.4) is 0 Å². The number of hydrogen-bond acceptors (Lipinski definition) is 4. The van der Waals surface area contributed by atoms with Crippen molar-refractivity contribution in [3.63, 3.8) is 0 Å². The number of anilines is 2. The van der Waals surface area contributed by atoms with Crippen LogP contribution in [-0.2, 0) is 4.79 Å². The molecule has 1 saturated heterocycles. The standard InChI is InChI=1S/C23H30N2O3/c1-3-16-27-21-6-4-5-7-22(21)28-17-23(26)24-19-8-10-20(11-9-19)25-14-12-18(2)13-15-25/h4-11,18H,3,12-17H2,1-2H3,(H,24,26). The maximum Gasteiger partial charge on any atom is 0.262 e. The highest BCUT2D eigenvalue weighted by molar-refractivity contribution is 5.92. The van der Waals surface area contributed by atoms with Gasteiger partial charge in [-0.3, -0.25) is 4.79 Å². The van der Waals surface area contributed by atoms with Gasteiger partial charge in [-0.1, -0.05) is 26.0 Å². The van der Waals surface area contributed by atoms with Gasteiger partial charge in [0.15, 0.2) is 18.1 Å². The number of benzene rings is 2. The van der Waals surface area contributed by atoms with E-state index in [1.54, 1.807) is 0 Å². The van der Waals surface area contributed by atoms with Gasteiger partial charge in [-0.2, -0.15) is 0 Å². The van der Waals surface area contributed by atoms with E-state index >= 15 is 0 Å². The quantitative estimate of drug-likeness (QED) is 0.717. The number of nitrogens with zero attached hydrogens (tertiary/aromatic N) is 1. The van der Waals surface area contributed by atoms with Crippen molar-refractivity contribution in [2.75, 3.05) is 36.5 Å². The molecule has 3 rings (SSSR count). The zero-order valence-electron chi connectivity index (χ0n) is 16.8. The van der Waals surface area contributed by atoms with Crippen molar-refractivity contribution in [1.29, 1.82) is 0 Å². The molecule has 1 fully saturated rings. The van der Waals surface area contributed by atoms with E-state index in [1.165, 1.54) is 18.5 Å². The molecule has 1 heterocycles. The fraction of sp³-hybridized carbons (Fsp3) is 0.435. The second-order valence-corrected chi connectivity index (χ2v) is 7.35. The molecule has 0 spiro atoms. The molecule has 2 aromatic rings. The van der Waals surface area contributed by atoms with Crippen LogP contribution in [0, 0.1) is 5.92 Å². The van der Waals surface area contributed by atoms with E-state index in [4.69, 9.17) is 9.47 Å². The van der Waals surface area contributed by atoms with Crippen LogP contribution in [-0.4, -0.2) is 32.2 Å². The first-order valence-corrected chi connectivity index (χ1v) is 10.1. The first kappa shape index (κ1) is 20.1. The number of ether oxygens (including phenoxy) is 2. The Bertz CT molecular complexity index is 753. The SMILES string of the molecule is CCCOc1ccccc1OCC(=O)Nc1ccc(N2CCC(C)CC2)cc1. The fourth-order valence-corrected chi connectivity index (χ4v) is 3.26. The van der Waals surface area contributed by atoms with Crippen molar-refractivity contribution in [1.82, 2.24) is 0 Å². The largest absolute Gasteiger partial charge is 0.490 e. The summed E-state index contributed by atoms with van der Waals surface area (Å²) in [7, 11) is 0. The predicted octanol–water partition coefficient (Wildman–Crippen LogP) is 4.73. The topological polar surface area (TPSA) is 50.8 Å². The van der Waals surface area contributed by atoms with Crippen LogP contribution in [0.2, 0.25) is 0 Å². The Labute approximate surface area is 167 Å². The average molecular weight is 383 g/mol. The summed E-state index contributed by atoms with van der Waals surface area (Å²) in [5, 5.41) is 2.89. The van der Waals surface area contributed by atoms with Crippen LogP contribution in [0.15, 0.2) is 48.5 Å². The van der Waals surface area contributed by atoms with Crippen LogP contribution >= 0.6 is 0 Å². The smallest absolute Gasteiger partial charge is 0.262 e. The Morgan fingerprint density at radius 1 is 1.04 bits per heavy atom. The third-order valence-electron chi connectivity index (χ3n) is 4.97. The Morgan fingerprint density at radius 2 is 1.68 bits per heavy atom. The second-order valence-electron chi connectivity index (χ2n) is 7.35. The molecule has 0 radical (unpaired) electrons. The van der Waals surface area contributed by atoms with Gasteiger partial charge in [-0.25, -0.2) is 0 Å². The molecule has 1 amide bonds. The minimum absolute atomic E-state index is 0.0573. The van der Waals surface area contributed by atoms with Crippen molar-refractivity contribution in [3.8, 4) is 11.5 Å². The third kappa shape index (κ3) is 5.65. The van der Waals surface area contributed by atoms with Crippen molar-refractivity contribution in [3.05, 3.63) is 48.5 Å². The van der Waals surface area contributed by atoms with Crippen LogP contribution in [0.4, 0.5) is 11.4 Å². The number of carbonyl (C=O) groups excluding carboxylic acids is 1. The number of para-hydroxylation sites is 2. The molecule has 1 N–H and O–H groups in total. The van der Waals surface area contributed by atoms with E-state index in [9.17, 15) is 4.79 Å². The van der Waals surface area contributed by atoms with E-state index in [1.807, 2.05) is 43.3 Å². The number of carbonyl (C=O) groups is 1. The minimum atomic E-state index is -0.190. The van der Waals surface area contributed by atoms with Crippen LogP contribution in [0.1, 0.15) is 33.1 Å². The molecular formula is C23H30N2O3. The molecule has 150 valence electrons. The highest BCUT2D eigenvalue weighted by Crippen LogP contribution is 2.27. The molecule has 0 saturated carbocycles. The monoisotopic (exact) mass is 382 g/mol. The molecule has 2 aromatic carbocycles. The summed E-state index contributed by atoms with van der Waals surface area (Å²) in [4.78, 5) is 14.7. The lowest BCUT2D eigenvalue weighted by atomic mass is 9.99. The predicted molar refractivity (Wildman–Crippen MR) is 113 cm³/mol. The highest BCUT2D eigenvalue weighted by atomic mass is 16.5. The van der Waals surface area contributed by atoms with Crippen LogP contribution in [0.25, 0.3) is 0 Å². The molecule has 5 nitrogen and oxygen atoms in total. The van der Waals surface area contributed by atoms with E-state index in [0.717, 1.165) is 31.1 Å². The van der Waals surface area contributed by atoms with Gasteiger partial charge in [-0.05, 0) is 61.6 Å². The van der Waals surface area contributed by atoms with Gasteiger partial charge in [0, 0.05) is 24.5 Å². The summed E-state index contributed by atoms with van der Waals surface area (Å²) < 4.78 is 11.3. The minimum Gasteiger partial charge on any atom is -0.490 e. The molecule has 1 aliphatic heterocycles. The Hall–Kier alpha value is -2.69. The average Bonchev–Trinajstić information content (AvgIpc) is 2.72. The normalized spacial score (nSPS) is 14.6. The summed E-state index contributed by atoms with van der Waals surface area (Å²) in [6, 6.07) is 15.5. The Balaban J connectivity index is 1.50. The van der Waals surface area contributed by atoms with Crippen molar-refractivity contribution in [2.24, 2.45) is 5.92 Å². The molecule has 5 heteroatoms. The number of amides is 1. The molecule has 0 unspecified atom stereocenters. The van der Waals surface area contributed by atoms with Gasteiger partial charge in [0.2, 0.25) is 0 Å². The van der Waals surface area contributed by atoms with Gasteiger partial charge in [0.1, 0.15) is 0 Å². The van der Waals surface area contributed by atoms with Gasteiger partial charge in [-0.15, -0.1) is 0 Å². The maximum absolute atomic E-state index is 12.2. The molecule has 28 heavy (non-hydrogen) atoms. The van der Waals surface area contributed by atoms with E-state index in [0.29, 0.717) is 18.1 Å². The Kier molecular flexibility index (Phi) is 7.18. The van der Waals surface area contributed by atoms with Crippen molar-refractivity contribution in [2.45, 2.75) is 33.1 Å². The number of rotatable bonds is 8. The first-order chi connectivity index (χ1) is 13.7. The van der Waals surface area contributed by atoms with Gasteiger partial charge >= 0.3 is 0 Å². The van der Waals surface area contributed by atoms with E-state index < -0.39 is 0 Å². The highest BCUT2D eigenvalue weighted by Gasteiger charge is 2.16. The lowest BCUT2D eigenvalue weighted by Crippen LogP contribution is -2.32. The lowest BCUT2D eigenvalue weighted by Gasteiger charge is -2.32. The summed E-state index contributed by atoms with van der Waals surface area (Å²) >= 11 is 0. The van der Waals surface area contributed by atoms with Crippen molar-refractivity contribution < 1.29 is 14.3 Å². The zero-order valence-corrected chi connectivity index (χ0v) is 16.8. The summed E-state index contributed by atoms with van der Waals surface area (Å²) in [6.07, 6.45) is 3.39. The van der Waals surface area contributed by atoms with Gasteiger partial charge in [0.05, 0.1) is 6.61 Å². The number of nitrogens with one attached hydrogen (secondary N) is 1.